The van der Waals surface area contributed by atoms with Crippen LogP contribution >= 0.6 is 0 Å². The van der Waals surface area contributed by atoms with Gasteiger partial charge in [-0.2, -0.15) is 5.10 Å². The van der Waals surface area contributed by atoms with Crippen molar-refractivity contribution >= 4 is 16.7 Å². The van der Waals surface area contributed by atoms with E-state index in [1.165, 1.54) is 10.7 Å². The summed E-state index contributed by atoms with van der Waals surface area (Å²) in [5.74, 6) is -0.455. The Kier molecular flexibility index (Phi) is 6.40. The third-order valence-electron chi connectivity index (χ3n) is 6.13. The fourth-order valence-corrected chi connectivity index (χ4v) is 4.20. The molecule has 2 heterocycles. The summed E-state index contributed by atoms with van der Waals surface area (Å²) in [6.45, 7) is 6.84. The molecule has 7 heteroatoms. The molecule has 1 amide bonds. The molecule has 4 rings (SSSR count). The lowest BCUT2D eigenvalue weighted by atomic mass is 10.2. The normalized spacial score (nSPS) is 11.2. The quantitative estimate of drug-likeness (QED) is 0.430. The second-order valence-electron chi connectivity index (χ2n) is 8.14. The molecule has 0 radical (unpaired) electrons. The molecular weight excluding hydrogens is 419 g/mol. The van der Waals surface area contributed by atoms with E-state index in [4.69, 9.17) is 0 Å². The number of halogens is 1. The molecule has 0 bridgehead atoms. The molecule has 170 valence electrons. The smallest absolute Gasteiger partial charge is 0.276 e. The summed E-state index contributed by atoms with van der Waals surface area (Å²) in [5, 5.41) is 5.51. The lowest BCUT2D eigenvalue weighted by molar-refractivity contribution is -0.132. The Bertz CT molecular complexity index is 1360. The second kappa shape index (κ2) is 9.40. The van der Waals surface area contributed by atoms with E-state index in [1.54, 1.807) is 29.3 Å². The number of carbonyl (C=O) groups excluding carboxylic acids is 1. The Morgan fingerprint density at radius 2 is 1.73 bits per heavy atom. The Labute approximate surface area is 191 Å². The van der Waals surface area contributed by atoms with E-state index in [9.17, 15) is 14.0 Å². The maximum atomic E-state index is 14.2. The van der Waals surface area contributed by atoms with Gasteiger partial charge in [-0.05, 0) is 32.4 Å². The molecular formula is C26H27FN4O2. The average Bonchev–Trinajstić information content (AvgIpc) is 3.06. The predicted octanol–water partition coefficient (Wildman–Crippen LogP) is 4.05. The number of likely N-dealkylation sites (N-methyl/N-ethyl adjacent to an activating group) is 1. The number of fused-ring (bicyclic) bond motifs is 1. The topological polar surface area (TPSA) is 60.1 Å². The lowest BCUT2D eigenvalue weighted by Gasteiger charge is -2.21. The van der Waals surface area contributed by atoms with Crippen molar-refractivity contribution in [2.75, 3.05) is 6.54 Å². The minimum Gasteiger partial charge on any atom is -0.343 e. The largest absolute Gasteiger partial charge is 0.343 e. The molecule has 2 aromatic carbocycles. The third-order valence-corrected chi connectivity index (χ3v) is 6.13. The SMILES string of the molecule is CCN(Cc1ccccc1)C(=O)Cn1ncc2c(C)n(Cc3ccccc3F)c(C)c2c1=O. The van der Waals surface area contributed by atoms with Gasteiger partial charge in [0.2, 0.25) is 5.91 Å². The van der Waals surface area contributed by atoms with E-state index in [0.717, 1.165) is 17.0 Å². The number of carbonyl (C=O) groups is 1. The molecule has 0 aliphatic heterocycles. The highest BCUT2D eigenvalue weighted by Crippen LogP contribution is 2.23. The fourth-order valence-electron chi connectivity index (χ4n) is 4.20. The van der Waals surface area contributed by atoms with Crippen LogP contribution in [0, 0.1) is 19.7 Å². The molecule has 0 unspecified atom stereocenters. The monoisotopic (exact) mass is 446 g/mol. The molecule has 0 saturated carbocycles. The van der Waals surface area contributed by atoms with Gasteiger partial charge < -0.3 is 9.47 Å². The van der Waals surface area contributed by atoms with Crippen LogP contribution in [0.25, 0.3) is 10.8 Å². The fraction of sp³-hybridized carbons (Fsp3) is 0.269. The number of rotatable bonds is 7. The van der Waals surface area contributed by atoms with Crippen molar-refractivity contribution in [3.8, 4) is 0 Å². The first kappa shape index (κ1) is 22.5. The van der Waals surface area contributed by atoms with Crippen molar-refractivity contribution < 1.29 is 9.18 Å². The molecule has 0 aliphatic carbocycles. The van der Waals surface area contributed by atoms with Crippen LogP contribution in [-0.2, 0) is 24.4 Å². The molecule has 2 aromatic heterocycles. The Morgan fingerprint density at radius 3 is 2.42 bits per heavy atom. The summed E-state index contributed by atoms with van der Waals surface area (Å²) in [7, 11) is 0. The van der Waals surface area contributed by atoms with Crippen LogP contribution in [0.2, 0.25) is 0 Å². The zero-order valence-corrected chi connectivity index (χ0v) is 19.1. The number of hydrogen-bond acceptors (Lipinski definition) is 3. The molecule has 4 aromatic rings. The third kappa shape index (κ3) is 4.44. The van der Waals surface area contributed by atoms with Gasteiger partial charge >= 0.3 is 0 Å². The molecule has 0 N–H and O–H groups in total. The number of nitrogens with zero attached hydrogens (tertiary/aromatic N) is 4. The van der Waals surface area contributed by atoms with Gasteiger partial charge in [-0.3, -0.25) is 9.59 Å². The number of amides is 1. The highest BCUT2D eigenvalue weighted by Gasteiger charge is 2.20. The van der Waals surface area contributed by atoms with Crippen molar-refractivity contribution in [2.45, 2.75) is 40.4 Å². The van der Waals surface area contributed by atoms with Crippen LogP contribution in [0.4, 0.5) is 4.39 Å². The zero-order valence-electron chi connectivity index (χ0n) is 19.1. The minimum absolute atomic E-state index is 0.133. The number of aromatic nitrogens is 3. The van der Waals surface area contributed by atoms with Crippen molar-refractivity contribution in [1.82, 2.24) is 19.2 Å². The van der Waals surface area contributed by atoms with Gasteiger partial charge in [-0.1, -0.05) is 48.5 Å². The molecule has 0 fully saturated rings. The van der Waals surface area contributed by atoms with E-state index in [2.05, 4.69) is 5.10 Å². The summed E-state index contributed by atoms with van der Waals surface area (Å²) >= 11 is 0. The van der Waals surface area contributed by atoms with Crippen molar-refractivity contribution in [2.24, 2.45) is 0 Å². The Balaban J connectivity index is 1.64. The standard InChI is InChI=1S/C26H27FN4O2/c1-4-29(15-20-10-6-5-7-11-20)24(32)17-31-26(33)25-19(3)30(18(2)22(25)14-28-31)16-21-12-8-9-13-23(21)27/h5-14H,4,15-17H2,1-3H3. The number of aryl methyl sites for hydroxylation is 2. The van der Waals surface area contributed by atoms with Crippen LogP contribution in [0.1, 0.15) is 29.4 Å². The van der Waals surface area contributed by atoms with Crippen LogP contribution in [0.5, 0.6) is 0 Å². The van der Waals surface area contributed by atoms with Crippen LogP contribution in [-0.4, -0.2) is 31.7 Å². The molecule has 0 spiro atoms. The maximum Gasteiger partial charge on any atom is 0.276 e. The van der Waals surface area contributed by atoms with Crippen molar-refractivity contribution in [1.29, 1.82) is 0 Å². The molecule has 0 aliphatic rings. The van der Waals surface area contributed by atoms with E-state index >= 15 is 0 Å². The summed E-state index contributed by atoms with van der Waals surface area (Å²) < 4.78 is 17.4. The van der Waals surface area contributed by atoms with E-state index in [1.807, 2.05) is 55.7 Å². The number of hydrogen-bond donors (Lipinski definition) is 0. The lowest BCUT2D eigenvalue weighted by Crippen LogP contribution is -2.37. The minimum atomic E-state index is -0.315. The van der Waals surface area contributed by atoms with Gasteiger partial charge in [0.05, 0.1) is 18.1 Å². The number of benzene rings is 2. The van der Waals surface area contributed by atoms with Gasteiger partial charge in [0.1, 0.15) is 12.4 Å². The van der Waals surface area contributed by atoms with E-state index in [-0.39, 0.29) is 23.8 Å². The zero-order chi connectivity index (χ0) is 23.5. The van der Waals surface area contributed by atoms with Gasteiger partial charge in [0, 0.05) is 35.4 Å². The van der Waals surface area contributed by atoms with Crippen molar-refractivity contribution in [3.63, 3.8) is 0 Å². The first-order chi connectivity index (χ1) is 15.9. The molecule has 0 saturated heterocycles. The summed E-state index contributed by atoms with van der Waals surface area (Å²) in [6.07, 6.45) is 1.62. The predicted molar refractivity (Wildman–Crippen MR) is 127 cm³/mol. The highest BCUT2D eigenvalue weighted by molar-refractivity contribution is 5.87. The van der Waals surface area contributed by atoms with Gasteiger partial charge in [0.25, 0.3) is 5.56 Å². The summed E-state index contributed by atoms with van der Waals surface area (Å²) in [5.41, 5.74) is 2.83. The van der Waals surface area contributed by atoms with Crippen LogP contribution in [0.15, 0.2) is 65.6 Å². The molecule has 6 nitrogen and oxygen atoms in total. The van der Waals surface area contributed by atoms with Gasteiger partial charge in [-0.15, -0.1) is 0 Å². The highest BCUT2D eigenvalue weighted by atomic mass is 19.1. The first-order valence-electron chi connectivity index (χ1n) is 11.0. The van der Waals surface area contributed by atoms with E-state index in [0.29, 0.717) is 36.0 Å². The molecule has 33 heavy (non-hydrogen) atoms. The summed E-state index contributed by atoms with van der Waals surface area (Å²) in [6, 6.07) is 16.4. The van der Waals surface area contributed by atoms with Crippen LogP contribution in [0.3, 0.4) is 0 Å². The van der Waals surface area contributed by atoms with Crippen molar-refractivity contribution in [3.05, 3.63) is 99.5 Å². The van der Waals surface area contributed by atoms with Crippen LogP contribution < -0.4 is 5.56 Å². The average molecular weight is 447 g/mol. The Hall–Kier alpha value is -3.74. The van der Waals surface area contributed by atoms with Gasteiger partial charge in [0.15, 0.2) is 0 Å². The molecule has 0 atom stereocenters. The summed E-state index contributed by atoms with van der Waals surface area (Å²) in [4.78, 5) is 27.9. The van der Waals surface area contributed by atoms with E-state index < -0.39 is 0 Å². The maximum absolute atomic E-state index is 14.2. The second-order valence-corrected chi connectivity index (χ2v) is 8.14. The Morgan fingerprint density at radius 1 is 1.03 bits per heavy atom. The van der Waals surface area contributed by atoms with Gasteiger partial charge in [-0.25, -0.2) is 9.07 Å². The first-order valence-corrected chi connectivity index (χ1v) is 11.0.